The minimum atomic E-state index is -5.42. The zero-order chi connectivity index (χ0) is 14.4. The molecule has 1 heterocycles. The highest BCUT2D eigenvalue weighted by Crippen LogP contribution is 2.30. The van der Waals surface area contributed by atoms with Crippen LogP contribution < -0.4 is 0 Å². The number of methoxy groups -OCH3 is 1. The van der Waals surface area contributed by atoms with E-state index in [1.165, 1.54) is 7.11 Å². The lowest BCUT2D eigenvalue weighted by molar-refractivity contribution is -0.126. The van der Waals surface area contributed by atoms with Crippen LogP contribution in [-0.4, -0.2) is 37.6 Å². The molecule has 0 aliphatic rings. The maximum absolute atomic E-state index is 12.0. The summed E-state index contributed by atoms with van der Waals surface area (Å²) in [7, 11) is -4.11. The van der Waals surface area contributed by atoms with E-state index in [-0.39, 0.29) is 0 Å². The molecule has 0 amide bonds. The molecule has 0 radical (unpaired) electrons. The number of hydrogen-bond acceptors (Lipinski definition) is 6. The van der Waals surface area contributed by atoms with Crippen molar-refractivity contribution in [2.24, 2.45) is 0 Å². The van der Waals surface area contributed by atoms with Crippen LogP contribution in [0.3, 0.4) is 0 Å². The van der Waals surface area contributed by atoms with Crippen LogP contribution in [-0.2, 0) is 19.4 Å². The third-order valence-corrected chi connectivity index (χ3v) is 2.86. The van der Waals surface area contributed by atoms with Gasteiger partial charge in [0.05, 0.1) is 18.2 Å². The summed E-state index contributed by atoms with van der Waals surface area (Å²) in [4.78, 5) is 11.0. The van der Waals surface area contributed by atoms with Gasteiger partial charge in [-0.2, -0.15) is 13.2 Å². The first-order valence-corrected chi connectivity index (χ1v) is 5.57. The highest BCUT2D eigenvalue weighted by molar-refractivity contribution is 7.92. The van der Waals surface area contributed by atoms with Crippen LogP contribution >= 0.6 is 0 Å². The molecule has 0 aliphatic carbocycles. The summed E-state index contributed by atoms with van der Waals surface area (Å²) in [6.07, 6.45) is 1.35. The number of aromatic nitrogens is 1. The topological polar surface area (TPSA) is 93.6 Å². The SMILES string of the molecule is COC=O.O=S(=O)(c1cncc(O)c1)C(F)(F)F. The Morgan fingerprint density at radius 2 is 1.89 bits per heavy atom. The third kappa shape index (κ3) is 4.20. The number of pyridine rings is 1. The lowest BCUT2D eigenvalue weighted by atomic mass is 10.5. The van der Waals surface area contributed by atoms with Crippen molar-refractivity contribution in [3.05, 3.63) is 18.5 Å². The largest absolute Gasteiger partial charge is 0.506 e. The number of halogens is 3. The van der Waals surface area contributed by atoms with Gasteiger partial charge in [-0.05, 0) is 0 Å². The molecule has 0 unspecified atom stereocenters. The molecule has 1 aromatic rings. The fourth-order valence-electron chi connectivity index (χ4n) is 0.688. The lowest BCUT2D eigenvalue weighted by Crippen LogP contribution is -2.23. The fourth-order valence-corrected chi connectivity index (χ4v) is 1.43. The molecule has 0 saturated heterocycles. The second kappa shape index (κ2) is 6.19. The van der Waals surface area contributed by atoms with Crippen LogP contribution in [0.4, 0.5) is 13.2 Å². The van der Waals surface area contributed by atoms with Gasteiger partial charge in [0.1, 0.15) is 5.75 Å². The van der Waals surface area contributed by atoms with Crippen molar-refractivity contribution in [2.75, 3.05) is 7.11 Å². The van der Waals surface area contributed by atoms with Gasteiger partial charge in [-0.3, -0.25) is 9.78 Å². The Morgan fingerprint density at radius 3 is 2.22 bits per heavy atom. The maximum Gasteiger partial charge on any atom is 0.501 e. The number of alkyl halides is 3. The summed E-state index contributed by atoms with van der Waals surface area (Å²) in [6.45, 7) is 0.375. The standard InChI is InChI=1S/C6H4F3NO3S.C2H4O2/c7-6(8,9)14(12,13)5-1-4(11)2-10-3-5;1-4-2-3/h1-3,11H;2H,1H3. The van der Waals surface area contributed by atoms with E-state index in [0.717, 1.165) is 6.20 Å². The molecule has 10 heteroatoms. The van der Waals surface area contributed by atoms with Gasteiger partial charge in [0.25, 0.3) is 16.3 Å². The molecule has 1 N–H and O–H groups in total. The molecule has 0 spiro atoms. The minimum Gasteiger partial charge on any atom is -0.506 e. The Labute approximate surface area is 99.9 Å². The number of carbonyl (C=O) groups excluding carboxylic acids is 1. The van der Waals surface area contributed by atoms with Crippen LogP contribution in [0.2, 0.25) is 0 Å². The smallest absolute Gasteiger partial charge is 0.501 e. The van der Waals surface area contributed by atoms with E-state index in [2.05, 4.69) is 9.72 Å². The molecule has 0 saturated carbocycles. The lowest BCUT2D eigenvalue weighted by Gasteiger charge is -2.07. The monoisotopic (exact) mass is 287 g/mol. The first kappa shape index (κ1) is 16.2. The number of ether oxygens (including phenoxy) is 1. The molecule has 1 rings (SSSR count). The van der Waals surface area contributed by atoms with Crippen molar-refractivity contribution in [3.8, 4) is 5.75 Å². The number of sulfone groups is 1. The van der Waals surface area contributed by atoms with Crippen molar-refractivity contribution < 1.29 is 36.2 Å². The highest BCUT2D eigenvalue weighted by atomic mass is 32.2. The first-order valence-electron chi connectivity index (χ1n) is 4.08. The number of aromatic hydroxyl groups is 1. The Morgan fingerprint density at radius 1 is 1.39 bits per heavy atom. The van der Waals surface area contributed by atoms with Crippen molar-refractivity contribution in [1.82, 2.24) is 4.98 Å². The average molecular weight is 287 g/mol. The normalized spacial score (nSPS) is 11.1. The van der Waals surface area contributed by atoms with Crippen LogP contribution in [0.25, 0.3) is 0 Å². The van der Waals surface area contributed by atoms with Crippen molar-refractivity contribution >= 4 is 16.3 Å². The average Bonchev–Trinajstić information content (AvgIpc) is 2.28. The van der Waals surface area contributed by atoms with Gasteiger partial charge in [-0.25, -0.2) is 8.42 Å². The quantitative estimate of drug-likeness (QED) is 0.811. The summed E-state index contributed by atoms with van der Waals surface area (Å²) < 4.78 is 61.2. The van der Waals surface area contributed by atoms with Gasteiger partial charge < -0.3 is 9.84 Å². The fraction of sp³-hybridized carbons (Fsp3) is 0.250. The summed E-state index contributed by atoms with van der Waals surface area (Å²) >= 11 is 0. The second-order valence-electron chi connectivity index (χ2n) is 2.66. The molecular formula is C8H8F3NO5S. The second-order valence-corrected chi connectivity index (χ2v) is 4.60. The van der Waals surface area contributed by atoms with Gasteiger partial charge in [-0.15, -0.1) is 0 Å². The van der Waals surface area contributed by atoms with Crippen molar-refractivity contribution in [3.63, 3.8) is 0 Å². The van der Waals surface area contributed by atoms with Gasteiger partial charge in [0.15, 0.2) is 0 Å². The summed E-state index contributed by atoms with van der Waals surface area (Å²) in [5.41, 5.74) is -5.39. The molecule has 0 atom stereocenters. The van der Waals surface area contributed by atoms with Crippen LogP contribution in [0, 0.1) is 0 Å². The Bertz CT molecular complexity index is 500. The van der Waals surface area contributed by atoms with E-state index in [4.69, 9.17) is 9.90 Å². The molecule has 18 heavy (non-hydrogen) atoms. The van der Waals surface area contributed by atoms with E-state index in [0.29, 0.717) is 18.7 Å². The summed E-state index contributed by atoms with van der Waals surface area (Å²) in [6, 6.07) is 0.482. The molecule has 6 nitrogen and oxygen atoms in total. The van der Waals surface area contributed by atoms with Gasteiger partial charge in [-0.1, -0.05) is 0 Å². The molecular weight excluding hydrogens is 279 g/mol. The van der Waals surface area contributed by atoms with Crippen LogP contribution in [0.5, 0.6) is 5.75 Å². The zero-order valence-electron chi connectivity index (χ0n) is 8.88. The van der Waals surface area contributed by atoms with Crippen molar-refractivity contribution in [1.29, 1.82) is 0 Å². The first-order chi connectivity index (χ1) is 8.16. The Hall–Kier alpha value is -1.84. The molecule has 102 valence electrons. The predicted molar refractivity (Wildman–Crippen MR) is 52.2 cm³/mol. The van der Waals surface area contributed by atoms with E-state index in [1.54, 1.807) is 0 Å². The predicted octanol–water partition coefficient (Wildman–Crippen LogP) is 0.870. The molecule has 0 fully saturated rings. The highest BCUT2D eigenvalue weighted by Gasteiger charge is 2.47. The number of rotatable bonds is 2. The number of hydrogen-bond donors (Lipinski definition) is 1. The number of nitrogens with zero attached hydrogens (tertiary/aromatic N) is 1. The van der Waals surface area contributed by atoms with E-state index in [9.17, 15) is 21.6 Å². The molecule has 0 aromatic carbocycles. The zero-order valence-corrected chi connectivity index (χ0v) is 9.70. The Kier molecular flexibility index (Phi) is 5.56. The van der Waals surface area contributed by atoms with Gasteiger partial charge in [0, 0.05) is 12.3 Å². The maximum atomic E-state index is 12.0. The van der Waals surface area contributed by atoms with E-state index < -0.39 is 26.0 Å². The van der Waals surface area contributed by atoms with Gasteiger partial charge >= 0.3 is 5.51 Å². The summed E-state index contributed by atoms with van der Waals surface area (Å²) in [5, 5.41) is 8.75. The van der Waals surface area contributed by atoms with Crippen molar-refractivity contribution in [2.45, 2.75) is 10.4 Å². The van der Waals surface area contributed by atoms with E-state index >= 15 is 0 Å². The Balaban J connectivity index is 0.000000631. The third-order valence-electron chi connectivity index (χ3n) is 1.41. The van der Waals surface area contributed by atoms with Gasteiger partial charge in [0.2, 0.25) is 0 Å². The van der Waals surface area contributed by atoms with E-state index in [1.807, 2.05) is 0 Å². The number of carbonyl (C=O) groups is 1. The molecule has 1 aromatic heterocycles. The summed E-state index contributed by atoms with van der Waals surface area (Å²) in [5.74, 6) is -0.643. The van der Waals surface area contributed by atoms with Crippen LogP contribution in [0.1, 0.15) is 0 Å². The van der Waals surface area contributed by atoms with Crippen LogP contribution in [0.15, 0.2) is 23.4 Å². The molecule has 0 bridgehead atoms. The minimum absolute atomic E-state index is 0.375. The molecule has 0 aliphatic heterocycles.